The Morgan fingerprint density at radius 1 is 1.26 bits per heavy atom. The predicted molar refractivity (Wildman–Crippen MR) is 107 cm³/mol. The second kappa shape index (κ2) is 10.5. The number of hydrogen-bond donors (Lipinski definition) is 2. The van der Waals surface area contributed by atoms with E-state index in [-0.39, 0.29) is 24.0 Å². The van der Waals surface area contributed by atoms with Crippen LogP contribution in [0, 0.1) is 6.92 Å². The summed E-state index contributed by atoms with van der Waals surface area (Å²) in [6.07, 6.45) is 1.55. The molecule has 1 aromatic heterocycles. The molecule has 0 aliphatic heterocycles. The van der Waals surface area contributed by atoms with Gasteiger partial charge in [-0.1, -0.05) is 17.7 Å². The van der Waals surface area contributed by atoms with Crippen molar-refractivity contribution in [1.29, 1.82) is 0 Å². The molecule has 126 valence electrons. The monoisotopic (exact) mass is 446 g/mol. The Labute approximate surface area is 158 Å². The minimum atomic E-state index is 0. The van der Waals surface area contributed by atoms with E-state index >= 15 is 0 Å². The molecule has 2 N–H and O–H groups in total. The number of aromatic nitrogens is 3. The van der Waals surface area contributed by atoms with Crippen LogP contribution in [0.25, 0.3) is 0 Å². The fraction of sp³-hybridized carbons (Fsp3) is 0.400. The van der Waals surface area contributed by atoms with Gasteiger partial charge >= 0.3 is 0 Å². The van der Waals surface area contributed by atoms with E-state index in [0.717, 1.165) is 24.1 Å². The smallest absolute Gasteiger partial charge is 0.191 e. The van der Waals surface area contributed by atoms with Crippen LogP contribution in [-0.2, 0) is 13.6 Å². The highest BCUT2D eigenvalue weighted by Gasteiger charge is 2.02. The molecule has 0 amide bonds. The third-order valence-electron chi connectivity index (χ3n) is 3.13. The third-order valence-corrected chi connectivity index (χ3v) is 4.14. The molecular weight excluding hydrogens is 423 g/mol. The lowest BCUT2D eigenvalue weighted by Crippen LogP contribution is -2.38. The van der Waals surface area contributed by atoms with Crippen molar-refractivity contribution in [2.75, 3.05) is 19.3 Å². The van der Waals surface area contributed by atoms with Crippen molar-refractivity contribution in [3.63, 3.8) is 0 Å². The number of aliphatic imine (C=N–C) groups is 1. The SMILES string of the molecule is CN=C(NCCSc1ccc(C)cc1)NCc1ncnn1C.I. The van der Waals surface area contributed by atoms with Crippen molar-refractivity contribution >= 4 is 41.7 Å². The van der Waals surface area contributed by atoms with Crippen LogP contribution in [0.1, 0.15) is 11.4 Å². The topological polar surface area (TPSA) is 67.1 Å². The highest BCUT2D eigenvalue weighted by atomic mass is 127. The maximum atomic E-state index is 4.20. The summed E-state index contributed by atoms with van der Waals surface area (Å²) in [5.41, 5.74) is 1.29. The lowest BCUT2D eigenvalue weighted by atomic mass is 10.2. The van der Waals surface area contributed by atoms with Crippen molar-refractivity contribution < 1.29 is 0 Å². The van der Waals surface area contributed by atoms with Crippen molar-refractivity contribution in [3.8, 4) is 0 Å². The van der Waals surface area contributed by atoms with Gasteiger partial charge in [-0.25, -0.2) is 4.98 Å². The summed E-state index contributed by atoms with van der Waals surface area (Å²) in [6, 6.07) is 8.58. The molecule has 0 aliphatic carbocycles. The molecule has 0 bridgehead atoms. The largest absolute Gasteiger partial charge is 0.356 e. The number of guanidine groups is 1. The summed E-state index contributed by atoms with van der Waals surface area (Å²) in [6.45, 7) is 3.54. The molecular formula is C15H23IN6S. The molecule has 2 rings (SSSR count). The van der Waals surface area contributed by atoms with Crippen molar-refractivity contribution in [2.45, 2.75) is 18.4 Å². The maximum Gasteiger partial charge on any atom is 0.191 e. The molecule has 1 heterocycles. The van der Waals surface area contributed by atoms with Crippen LogP contribution in [0.3, 0.4) is 0 Å². The molecule has 8 heteroatoms. The van der Waals surface area contributed by atoms with Gasteiger partial charge in [-0.05, 0) is 19.1 Å². The number of aryl methyl sites for hydroxylation is 2. The van der Waals surface area contributed by atoms with Gasteiger partial charge in [0, 0.05) is 31.3 Å². The lowest BCUT2D eigenvalue weighted by molar-refractivity contribution is 0.674. The average molecular weight is 446 g/mol. The number of hydrogen-bond acceptors (Lipinski definition) is 4. The Hall–Kier alpha value is -1.29. The Bertz CT molecular complexity index is 611. The number of rotatable bonds is 6. The number of thioether (sulfide) groups is 1. The molecule has 1 aromatic carbocycles. The summed E-state index contributed by atoms with van der Waals surface area (Å²) >= 11 is 1.83. The van der Waals surface area contributed by atoms with Gasteiger partial charge in [0.15, 0.2) is 5.96 Å². The zero-order valence-corrected chi connectivity index (χ0v) is 16.8. The van der Waals surface area contributed by atoms with Gasteiger partial charge < -0.3 is 10.6 Å². The summed E-state index contributed by atoms with van der Waals surface area (Å²) in [7, 11) is 3.64. The zero-order valence-electron chi connectivity index (χ0n) is 13.6. The second-order valence-corrected chi connectivity index (χ2v) is 5.98. The number of nitrogens with zero attached hydrogens (tertiary/aromatic N) is 4. The van der Waals surface area contributed by atoms with Gasteiger partial charge in [0.25, 0.3) is 0 Å². The fourth-order valence-corrected chi connectivity index (χ4v) is 2.60. The van der Waals surface area contributed by atoms with Crippen molar-refractivity contribution in [1.82, 2.24) is 25.4 Å². The standard InChI is InChI=1S/C15H22N6S.HI/c1-12-4-6-13(7-5-12)22-9-8-17-15(16-2)18-10-14-19-11-20-21(14)3;/h4-7,11H,8-10H2,1-3H3,(H2,16,17,18);1H. The van der Waals surface area contributed by atoms with Gasteiger partial charge in [0.05, 0.1) is 6.54 Å². The number of halogens is 1. The molecule has 0 unspecified atom stereocenters. The van der Waals surface area contributed by atoms with E-state index < -0.39 is 0 Å². The van der Waals surface area contributed by atoms with Crippen LogP contribution in [0.4, 0.5) is 0 Å². The van der Waals surface area contributed by atoms with Crippen LogP contribution < -0.4 is 10.6 Å². The van der Waals surface area contributed by atoms with E-state index in [9.17, 15) is 0 Å². The van der Waals surface area contributed by atoms with E-state index in [1.54, 1.807) is 18.1 Å². The normalized spacial score (nSPS) is 11.0. The van der Waals surface area contributed by atoms with Gasteiger partial charge in [-0.3, -0.25) is 9.67 Å². The summed E-state index contributed by atoms with van der Waals surface area (Å²) in [5, 5.41) is 10.6. The van der Waals surface area contributed by atoms with Crippen molar-refractivity contribution in [3.05, 3.63) is 42.0 Å². The van der Waals surface area contributed by atoms with Gasteiger partial charge in [-0.2, -0.15) is 5.10 Å². The highest BCUT2D eigenvalue weighted by Crippen LogP contribution is 2.17. The number of benzene rings is 1. The zero-order chi connectivity index (χ0) is 15.8. The van der Waals surface area contributed by atoms with Gasteiger partial charge in [0.2, 0.25) is 0 Å². The molecule has 0 fully saturated rings. The average Bonchev–Trinajstić information content (AvgIpc) is 2.93. The molecule has 2 aromatic rings. The molecule has 0 aliphatic rings. The van der Waals surface area contributed by atoms with Gasteiger partial charge in [0.1, 0.15) is 12.2 Å². The minimum Gasteiger partial charge on any atom is -0.356 e. The van der Waals surface area contributed by atoms with E-state index in [1.165, 1.54) is 10.5 Å². The fourth-order valence-electron chi connectivity index (χ4n) is 1.84. The molecule has 0 atom stereocenters. The van der Waals surface area contributed by atoms with Crippen LogP contribution in [0.15, 0.2) is 40.5 Å². The first-order valence-electron chi connectivity index (χ1n) is 7.16. The van der Waals surface area contributed by atoms with E-state index in [0.29, 0.717) is 6.54 Å². The van der Waals surface area contributed by atoms with E-state index in [4.69, 9.17) is 0 Å². The molecule has 0 saturated heterocycles. The third kappa shape index (κ3) is 6.78. The predicted octanol–water partition coefficient (Wildman–Crippen LogP) is 2.20. The van der Waals surface area contributed by atoms with E-state index in [1.807, 2.05) is 18.8 Å². The Morgan fingerprint density at radius 2 is 2.00 bits per heavy atom. The van der Waals surface area contributed by atoms with Crippen LogP contribution in [0.5, 0.6) is 0 Å². The summed E-state index contributed by atoms with van der Waals surface area (Å²) in [5.74, 6) is 2.62. The van der Waals surface area contributed by atoms with Gasteiger partial charge in [-0.15, -0.1) is 35.7 Å². The van der Waals surface area contributed by atoms with Crippen LogP contribution in [-0.4, -0.2) is 40.1 Å². The Balaban J connectivity index is 0.00000264. The Morgan fingerprint density at radius 3 is 2.61 bits per heavy atom. The molecule has 0 spiro atoms. The Kier molecular flexibility index (Phi) is 9.00. The first-order valence-corrected chi connectivity index (χ1v) is 8.14. The minimum absolute atomic E-state index is 0. The molecule has 0 radical (unpaired) electrons. The molecule has 6 nitrogen and oxygen atoms in total. The molecule has 0 saturated carbocycles. The lowest BCUT2D eigenvalue weighted by Gasteiger charge is -2.11. The van der Waals surface area contributed by atoms with E-state index in [2.05, 4.69) is 56.9 Å². The highest BCUT2D eigenvalue weighted by molar-refractivity contribution is 14.0. The summed E-state index contributed by atoms with van der Waals surface area (Å²) in [4.78, 5) is 9.66. The first-order chi connectivity index (χ1) is 10.7. The molecule has 23 heavy (non-hydrogen) atoms. The number of nitrogens with one attached hydrogen (secondary N) is 2. The van der Waals surface area contributed by atoms with Crippen LogP contribution in [0.2, 0.25) is 0 Å². The van der Waals surface area contributed by atoms with Crippen molar-refractivity contribution in [2.24, 2.45) is 12.0 Å². The second-order valence-electron chi connectivity index (χ2n) is 4.81. The van der Waals surface area contributed by atoms with Crippen LogP contribution >= 0.6 is 35.7 Å². The summed E-state index contributed by atoms with van der Waals surface area (Å²) < 4.78 is 1.74. The maximum absolute atomic E-state index is 4.20. The first kappa shape index (κ1) is 19.8. The quantitative estimate of drug-likeness (QED) is 0.234.